The Balaban J connectivity index is 1.62. The third-order valence-electron chi connectivity index (χ3n) is 5.86. The molecule has 2 aromatic rings. The lowest BCUT2D eigenvalue weighted by Crippen LogP contribution is -2.48. The summed E-state index contributed by atoms with van der Waals surface area (Å²) < 4.78 is 2.00. The van der Waals surface area contributed by atoms with Crippen LogP contribution in [0.25, 0.3) is 4.96 Å². The fraction of sp³-hybridized carbons (Fsp3) is 0.800. The normalized spacial score (nSPS) is 39.0. The van der Waals surface area contributed by atoms with E-state index in [1.54, 1.807) is 11.3 Å². The predicted molar refractivity (Wildman–Crippen MR) is 77.9 cm³/mol. The molecule has 6 rings (SSSR count). The lowest BCUT2D eigenvalue weighted by molar-refractivity contribution is -0.00567. The minimum atomic E-state index is 0.394. The zero-order valence-corrected chi connectivity index (χ0v) is 12.7. The second kappa shape index (κ2) is 3.81. The molecule has 0 amide bonds. The number of nitrogens with zero attached hydrogens (tertiary/aromatic N) is 4. The van der Waals surface area contributed by atoms with Gasteiger partial charge in [-0.15, -0.1) is 10.2 Å². The van der Waals surface area contributed by atoms with Crippen molar-refractivity contribution in [3.8, 4) is 0 Å². The second-order valence-corrected chi connectivity index (χ2v) is 8.23. The highest BCUT2D eigenvalue weighted by Gasteiger charge is 2.53. The largest absolute Gasteiger partial charge is 0.234 e. The number of rotatable bonds is 2. The monoisotopic (exact) mass is 288 g/mol. The first-order valence-electron chi connectivity index (χ1n) is 7.97. The topological polar surface area (TPSA) is 43.1 Å². The van der Waals surface area contributed by atoms with E-state index in [4.69, 9.17) is 5.10 Å². The number of hydrogen-bond donors (Lipinski definition) is 0. The lowest BCUT2D eigenvalue weighted by Gasteiger charge is -2.55. The molecule has 0 aliphatic heterocycles. The Bertz CT molecular complexity index is 635. The summed E-state index contributed by atoms with van der Waals surface area (Å²) in [6, 6.07) is 0. The first-order valence-corrected chi connectivity index (χ1v) is 8.79. The van der Waals surface area contributed by atoms with Crippen molar-refractivity contribution in [2.45, 2.75) is 57.3 Å². The maximum atomic E-state index is 4.94. The number of aryl methyl sites for hydroxylation is 1. The van der Waals surface area contributed by atoms with E-state index >= 15 is 0 Å². The third kappa shape index (κ3) is 1.45. The van der Waals surface area contributed by atoms with Crippen molar-refractivity contribution < 1.29 is 0 Å². The third-order valence-corrected chi connectivity index (χ3v) is 7.01. The molecule has 106 valence electrons. The second-order valence-electron chi connectivity index (χ2n) is 7.27. The van der Waals surface area contributed by atoms with Crippen LogP contribution in [0.15, 0.2) is 0 Å². The molecule has 0 radical (unpaired) electrons. The molecule has 0 aromatic carbocycles. The molecule has 5 heteroatoms. The van der Waals surface area contributed by atoms with E-state index in [1.165, 1.54) is 43.5 Å². The summed E-state index contributed by atoms with van der Waals surface area (Å²) >= 11 is 1.80. The van der Waals surface area contributed by atoms with Gasteiger partial charge in [0.05, 0.1) is 0 Å². The van der Waals surface area contributed by atoms with Crippen LogP contribution in [-0.4, -0.2) is 19.8 Å². The van der Waals surface area contributed by atoms with E-state index in [-0.39, 0.29) is 0 Å². The van der Waals surface area contributed by atoms with Gasteiger partial charge in [-0.2, -0.15) is 9.61 Å². The SMILES string of the molecule is CCc1nnc2sc(C34CC5CC(CC(C5)C3)C4)nn12. The summed E-state index contributed by atoms with van der Waals surface area (Å²) in [5.74, 6) is 3.93. The molecule has 0 saturated heterocycles. The molecule has 4 bridgehead atoms. The molecule has 4 aliphatic rings. The molecule has 0 spiro atoms. The van der Waals surface area contributed by atoms with Gasteiger partial charge in [0.15, 0.2) is 5.82 Å². The number of aromatic nitrogens is 4. The van der Waals surface area contributed by atoms with Gasteiger partial charge < -0.3 is 0 Å². The Hall–Kier alpha value is -0.970. The average Bonchev–Trinajstić information content (AvgIpc) is 2.96. The molecule has 0 N–H and O–H groups in total. The van der Waals surface area contributed by atoms with Gasteiger partial charge in [0.25, 0.3) is 0 Å². The maximum absolute atomic E-state index is 4.94. The van der Waals surface area contributed by atoms with Crippen molar-refractivity contribution >= 4 is 16.3 Å². The summed E-state index contributed by atoms with van der Waals surface area (Å²) in [6.45, 7) is 2.13. The van der Waals surface area contributed by atoms with E-state index in [0.29, 0.717) is 5.41 Å². The molecule has 2 heterocycles. The molecule has 20 heavy (non-hydrogen) atoms. The molecule has 0 unspecified atom stereocenters. The quantitative estimate of drug-likeness (QED) is 0.852. The van der Waals surface area contributed by atoms with Gasteiger partial charge >= 0.3 is 0 Å². The highest BCUT2D eigenvalue weighted by atomic mass is 32.1. The Morgan fingerprint density at radius 2 is 1.75 bits per heavy atom. The summed E-state index contributed by atoms with van der Waals surface area (Å²) in [4.78, 5) is 0.993. The van der Waals surface area contributed by atoms with Crippen LogP contribution in [0, 0.1) is 17.8 Å². The summed E-state index contributed by atoms with van der Waals surface area (Å²) in [5.41, 5.74) is 0.394. The van der Waals surface area contributed by atoms with Gasteiger partial charge in [-0.25, -0.2) is 0 Å². The molecular weight excluding hydrogens is 268 g/mol. The summed E-state index contributed by atoms with van der Waals surface area (Å²) in [5, 5.41) is 14.8. The molecule has 4 saturated carbocycles. The minimum absolute atomic E-state index is 0.394. The lowest BCUT2D eigenvalue weighted by atomic mass is 9.50. The van der Waals surface area contributed by atoms with Crippen molar-refractivity contribution in [2.24, 2.45) is 17.8 Å². The Kier molecular flexibility index (Phi) is 2.22. The van der Waals surface area contributed by atoms with Crippen molar-refractivity contribution in [3.63, 3.8) is 0 Å². The van der Waals surface area contributed by atoms with Crippen molar-refractivity contribution in [1.82, 2.24) is 19.8 Å². The number of hydrogen-bond acceptors (Lipinski definition) is 4. The smallest absolute Gasteiger partial charge is 0.187 e. The first kappa shape index (κ1) is 11.7. The average molecular weight is 288 g/mol. The minimum Gasteiger partial charge on any atom is -0.187 e. The van der Waals surface area contributed by atoms with Crippen molar-refractivity contribution in [2.75, 3.05) is 0 Å². The van der Waals surface area contributed by atoms with Crippen LogP contribution in [0.5, 0.6) is 0 Å². The number of fused-ring (bicyclic) bond motifs is 1. The van der Waals surface area contributed by atoms with Gasteiger partial charge in [0.1, 0.15) is 5.01 Å². The van der Waals surface area contributed by atoms with Gasteiger partial charge in [-0.05, 0) is 56.3 Å². The fourth-order valence-corrected chi connectivity index (χ4v) is 6.54. The maximum Gasteiger partial charge on any atom is 0.234 e. The Morgan fingerprint density at radius 3 is 2.35 bits per heavy atom. The Labute approximate surface area is 122 Å². The van der Waals surface area contributed by atoms with Crippen LogP contribution < -0.4 is 0 Å². The first-order chi connectivity index (χ1) is 9.76. The zero-order chi connectivity index (χ0) is 13.3. The van der Waals surface area contributed by atoms with E-state index in [2.05, 4.69) is 17.1 Å². The van der Waals surface area contributed by atoms with Crippen molar-refractivity contribution in [1.29, 1.82) is 0 Å². The zero-order valence-electron chi connectivity index (χ0n) is 11.9. The van der Waals surface area contributed by atoms with E-state index in [0.717, 1.165) is 35.0 Å². The summed E-state index contributed by atoms with van der Waals surface area (Å²) in [6.07, 6.45) is 9.52. The van der Waals surface area contributed by atoms with Crippen LogP contribution in [0.2, 0.25) is 0 Å². The molecule has 4 fully saturated rings. The van der Waals surface area contributed by atoms with E-state index < -0.39 is 0 Å². The van der Waals surface area contributed by atoms with Crippen LogP contribution in [0.1, 0.15) is 56.3 Å². The van der Waals surface area contributed by atoms with Crippen LogP contribution >= 0.6 is 11.3 Å². The summed E-state index contributed by atoms with van der Waals surface area (Å²) in [7, 11) is 0. The van der Waals surface area contributed by atoms with E-state index in [9.17, 15) is 0 Å². The Morgan fingerprint density at radius 1 is 1.10 bits per heavy atom. The van der Waals surface area contributed by atoms with E-state index in [1.807, 2.05) is 4.52 Å². The molecule has 4 aliphatic carbocycles. The highest BCUT2D eigenvalue weighted by molar-refractivity contribution is 7.16. The van der Waals surface area contributed by atoms with Gasteiger partial charge in [0, 0.05) is 11.8 Å². The standard InChI is InChI=1S/C15H20N4S/c1-2-12-16-17-14-19(12)18-13(20-14)15-6-9-3-10(7-15)5-11(4-9)8-15/h9-11H,2-8H2,1H3. The molecule has 0 atom stereocenters. The van der Waals surface area contributed by atoms with Crippen LogP contribution in [-0.2, 0) is 11.8 Å². The predicted octanol–water partition coefficient (Wildman–Crippen LogP) is 3.22. The fourth-order valence-electron chi connectivity index (χ4n) is 5.46. The highest BCUT2D eigenvalue weighted by Crippen LogP contribution is 2.61. The van der Waals surface area contributed by atoms with Gasteiger partial charge in [-0.1, -0.05) is 18.3 Å². The molecular formula is C15H20N4S. The van der Waals surface area contributed by atoms with Crippen molar-refractivity contribution in [3.05, 3.63) is 10.8 Å². The van der Waals surface area contributed by atoms with Crippen LogP contribution in [0.4, 0.5) is 0 Å². The molecule has 4 nitrogen and oxygen atoms in total. The van der Waals surface area contributed by atoms with Gasteiger partial charge in [0.2, 0.25) is 4.96 Å². The molecule has 2 aromatic heterocycles. The van der Waals surface area contributed by atoms with Crippen LogP contribution in [0.3, 0.4) is 0 Å². The van der Waals surface area contributed by atoms with Gasteiger partial charge in [-0.3, -0.25) is 0 Å².